The van der Waals surface area contributed by atoms with Gasteiger partial charge in [-0.05, 0) is 33.5 Å². The van der Waals surface area contributed by atoms with E-state index in [1.807, 2.05) is 32.6 Å². The molecule has 2 aromatic rings. The minimum Gasteiger partial charge on any atom is -0.353 e. The quantitative estimate of drug-likeness (QED) is 0.777. The number of thioether (sulfide) groups is 1. The molecule has 0 saturated carbocycles. The molecule has 2 atom stereocenters. The Hall–Kier alpha value is -1.86. The number of aromatic nitrogens is 3. The molecule has 130 valence electrons. The number of benzene rings is 1. The summed E-state index contributed by atoms with van der Waals surface area (Å²) >= 11 is 1.41. The molecule has 6 nitrogen and oxygen atoms in total. The topological polar surface area (TPSA) is 63.1 Å². The van der Waals surface area contributed by atoms with Crippen molar-refractivity contribution in [3.63, 3.8) is 0 Å². The third kappa shape index (κ3) is 4.82. The second-order valence-corrected chi connectivity index (χ2v) is 7.43. The third-order valence-electron chi connectivity index (χ3n) is 3.88. The fourth-order valence-corrected chi connectivity index (χ4v) is 3.13. The molecule has 0 bridgehead atoms. The Morgan fingerprint density at radius 1 is 1.33 bits per heavy atom. The summed E-state index contributed by atoms with van der Waals surface area (Å²) in [5.74, 6) is 0.00182. The molecule has 1 N–H and O–H groups in total. The van der Waals surface area contributed by atoms with Gasteiger partial charge in [-0.15, -0.1) is 10.2 Å². The zero-order valence-electron chi connectivity index (χ0n) is 14.9. The van der Waals surface area contributed by atoms with Crippen molar-refractivity contribution in [3.8, 4) is 0 Å². The van der Waals surface area contributed by atoms with E-state index in [0.717, 1.165) is 5.16 Å². The maximum atomic E-state index is 12.4. The van der Waals surface area contributed by atoms with E-state index in [9.17, 15) is 4.79 Å². The largest absolute Gasteiger partial charge is 0.353 e. The molecule has 0 fully saturated rings. The number of carbonyl (C=O) groups is 1. The lowest BCUT2D eigenvalue weighted by Gasteiger charge is -2.26. The van der Waals surface area contributed by atoms with Crippen LogP contribution in [0, 0.1) is 6.92 Å². The van der Waals surface area contributed by atoms with Crippen molar-refractivity contribution in [1.82, 2.24) is 25.0 Å². The average Bonchev–Trinajstić information content (AvgIpc) is 2.93. The van der Waals surface area contributed by atoms with Gasteiger partial charge in [0.2, 0.25) is 5.91 Å². The van der Waals surface area contributed by atoms with Crippen LogP contribution in [0.25, 0.3) is 0 Å². The van der Waals surface area contributed by atoms with E-state index in [-0.39, 0.29) is 17.2 Å². The molecule has 0 radical (unpaired) electrons. The fraction of sp³-hybridized carbons (Fsp3) is 0.471. The van der Waals surface area contributed by atoms with Crippen molar-refractivity contribution in [2.75, 3.05) is 20.6 Å². The van der Waals surface area contributed by atoms with E-state index >= 15 is 0 Å². The normalized spacial score (nSPS) is 13.8. The smallest absolute Gasteiger partial charge is 0.233 e. The number of nitrogens with zero attached hydrogens (tertiary/aromatic N) is 4. The Kier molecular flexibility index (Phi) is 6.39. The van der Waals surface area contributed by atoms with Gasteiger partial charge in [-0.3, -0.25) is 4.79 Å². The van der Waals surface area contributed by atoms with Crippen molar-refractivity contribution < 1.29 is 4.79 Å². The molecule has 1 amide bonds. The maximum Gasteiger partial charge on any atom is 0.233 e. The first-order valence-corrected chi connectivity index (χ1v) is 8.77. The maximum absolute atomic E-state index is 12.4. The number of hydrogen-bond donors (Lipinski definition) is 1. The number of rotatable bonds is 7. The molecule has 0 unspecified atom stereocenters. The number of hydrogen-bond acceptors (Lipinski definition) is 5. The Bertz CT molecular complexity index is 668. The molecule has 24 heavy (non-hydrogen) atoms. The van der Waals surface area contributed by atoms with Gasteiger partial charge in [0, 0.05) is 13.6 Å². The first kappa shape index (κ1) is 18.5. The summed E-state index contributed by atoms with van der Waals surface area (Å²) in [5.41, 5.74) is 2.42. The standard InChI is InChI=1S/C17H25N5OS/c1-12-6-8-14(9-7-12)15(21(3)4)10-18-16(23)13(2)24-17-20-19-11-22(17)5/h6-9,11,13,15H,10H2,1-5H3,(H,18,23)/t13-,15+/m0/s1. The van der Waals surface area contributed by atoms with E-state index in [1.54, 1.807) is 6.33 Å². The molecule has 0 aliphatic heterocycles. The van der Waals surface area contributed by atoms with Crippen LogP contribution in [0.15, 0.2) is 35.7 Å². The van der Waals surface area contributed by atoms with Crippen molar-refractivity contribution in [2.45, 2.75) is 30.3 Å². The third-order valence-corrected chi connectivity index (χ3v) is 5.02. The SMILES string of the molecule is Cc1ccc([C@@H](CNC(=O)[C@H](C)Sc2nncn2C)N(C)C)cc1. The zero-order valence-corrected chi connectivity index (χ0v) is 15.7. The van der Waals surface area contributed by atoms with Crippen LogP contribution >= 0.6 is 11.8 Å². The Balaban J connectivity index is 1.94. The average molecular weight is 347 g/mol. The van der Waals surface area contributed by atoms with Gasteiger partial charge in [-0.25, -0.2) is 0 Å². The van der Waals surface area contributed by atoms with Gasteiger partial charge in [-0.1, -0.05) is 41.6 Å². The summed E-state index contributed by atoms with van der Waals surface area (Å²) in [6, 6.07) is 8.57. The Labute approximate surface area is 147 Å². The van der Waals surface area contributed by atoms with Crippen molar-refractivity contribution in [3.05, 3.63) is 41.7 Å². The second-order valence-electron chi connectivity index (χ2n) is 6.12. The molecule has 7 heteroatoms. The molecule has 0 aliphatic carbocycles. The van der Waals surface area contributed by atoms with Gasteiger partial charge < -0.3 is 14.8 Å². The lowest BCUT2D eigenvalue weighted by molar-refractivity contribution is -0.120. The fourth-order valence-electron chi connectivity index (χ4n) is 2.32. The van der Waals surface area contributed by atoms with Gasteiger partial charge >= 0.3 is 0 Å². The molecule has 1 aromatic carbocycles. The summed E-state index contributed by atoms with van der Waals surface area (Å²) in [6.45, 7) is 4.52. The number of likely N-dealkylation sites (N-methyl/N-ethyl adjacent to an activating group) is 1. The summed E-state index contributed by atoms with van der Waals surface area (Å²) in [6.07, 6.45) is 1.63. The minimum absolute atomic E-state index is 0.00182. The van der Waals surface area contributed by atoms with Crippen LogP contribution in [-0.2, 0) is 11.8 Å². The van der Waals surface area contributed by atoms with E-state index in [2.05, 4.69) is 51.6 Å². The number of amides is 1. The summed E-state index contributed by atoms with van der Waals surface area (Å²) < 4.78 is 1.81. The van der Waals surface area contributed by atoms with Gasteiger partial charge in [0.05, 0.1) is 11.3 Å². The summed E-state index contributed by atoms with van der Waals surface area (Å²) in [7, 11) is 5.91. The summed E-state index contributed by atoms with van der Waals surface area (Å²) in [4.78, 5) is 14.5. The van der Waals surface area contributed by atoms with Crippen LogP contribution in [0.4, 0.5) is 0 Å². The van der Waals surface area contributed by atoms with Crippen LogP contribution in [0.3, 0.4) is 0 Å². The molecule has 0 aliphatic rings. The van der Waals surface area contributed by atoms with Gasteiger partial charge in [0.1, 0.15) is 6.33 Å². The predicted molar refractivity (Wildman–Crippen MR) is 96.9 cm³/mol. The number of aryl methyl sites for hydroxylation is 2. The van der Waals surface area contributed by atoms with Gasteiger partial charge in [0.25, 0.3) is 0 Å². The lowest BCUT2D eigenvalue weighted by atomic mass is 10.0. The van der Waals surface area contributed by atoms with Crippen molar-refractivity contribution >= 4 is 17.7 Å². The van der Waals surface area contributed by atoms with E-state index in [4.69, 9.17) is 0 Å². The van der Waals surface area contributed by atoms with E-state index < -0.39 is 0 Å². The number of carbonyl (C=O) groups excluding carboxylic acids is 1. The van der Waals surface area contributed by atoms with Crippen molar-refractivity contribution in [2.24, 2.45) is 7.05 Å². The molecule has 0 saturated heterocycles. The van der Waals surface area contributed by atoms with Gasteiger partial charge in [0.15, 0.2) is 5.16 Å². The van der Waals surface area contributed by atoms with Gasteiger partial charge in [-0.2, -0.15) is 0 Å². The second kappa shape index (κ2) is 8.30. The first-order chi connectivity index (χ1) is 11.4. The molecule has 1 heterocycles. The van der Waals surface area contributed by atoms with Crippen LogP contribution in [-0.4, -0.2) is 51.5 Å². The molecule has 0 spiro atoms. The molecule has 2 rings (SSSR count). The van der Waals surface area contributed by atoms with Crippen LogP contribution in [0.1, 0.15) is 24.1 Å². The zero-order chi connectivity index (χ0) is 17.7. The highest BCUT2D eigenvalue weighted by atomic mass is 32.2. The highest BCUT2D eigenvalue weighted by Gasteiger charge is 2.20. The van der Waals surface area contributed by atoms with Crippen molar-refractivity contribution in [1.29, 1.82) is 0 Å². The Morgan fingerprint density at radius 3 is 2.54 bits per heavy atom. The monoisotopic (exact) mass is 347 g/mol. The highest BCUT2D eigenvalue weighted by Crippen LogP contribution is 2.21. The highest BCUT2D eigenvalue weighted by molar-refractivity contribution is 8.00. The van der Waals surface area contributed by atoms with Crippen LogP contribution in [0.5, 0.6) is 0 Å². The predicted octanol–water partition coefficient (Wildman–Crippen LogP) is 2.02. The molecular weight excluding hydrogens is 322 g/mol. The summed E-state index contributed by atoms with van der Waals surface area (Å²) in [5, 5.41) is 11.4. The molecular formula is C17H25N5OS. The lowest BCUT2D eigenvalue weighted by Crippen LogP contribution is -2.38. The first-order valence-electron chi connectivity index (χ1n) is 7.90. The Morgan fingerprint density at radius 2 is 2.00 bits per heavy atom. The van der Waals surface area contributed by atoms with E-state index in [1.165, 1.54) is 22.9 Å². The minimum atomic E-state index is -0.228. The van der Waals surface area contributed by atoms with Crippen LogP contribution < -0.4 is 5.32 Å². The van der Waals surface area contributed by atoms with E-state index in [0.29, 0.717) is 6.54 Å². The number of nitrogens with one attached hydrogen (secondary N) is 1. The molecule has 1 aromatic heterocycles. The van der Waals surface area contributed by atoms with Crippen LogP contribution in [0.2, 0.25) is 0 Å².